The molecule has 2 atom stereocenters. The lowest BCUT2D eigenvalue weighted by atomic mass is 9.88. The van der Waals surface area contributed by atoms with Crippen molar-refractivity contribution in [3.8, 4) is 0 Å². The lowest BCUT2D eigenvalue weighted by Crippen LogP contribution is -2.43. The van der Waals surface area contributed by atoms with Crippen molar-refractivity contribution < 1.29 is 0 Å². The monoisotopic (exact) mass is 424 g/mol. The van der Waals surface area contributed by atoms with Gasteiger partial charge < -0.3 is 10.2 Å². The van der Waals surface area contributed by atoms with Crippen LogP contribution in [0.3, 0.4) is 0 Å². The molecular weight excluding hydrogens is 404 g/mol. The van der Waals surface area contributed by atoms with Gasteiger partial charge in [0.25, 0.3) is 5.56 Å². The third-order valence-electron chi connectivity index (χ3n) is 4.68. The summed E-state index contributed by atoms with van der Waals surface area (Å²) in [5.74, 6) is 0.984. The molecule has 1 N–H and O–H groups in total. The predicted molar refractivity (Wildman–Crippen MR) is 105 cm³/mol. The molecule has 0 amide bonds. The maximum atomic E-state index is 12.0. The van der Waals surface area contributed by atoms with Gasteiger partial charge in [0, 0.05) is 32.1 Å². The van der Waals surface area contributed by atoms with E-state index in [2.05, 4.69) is 62.6 Å². The van der Waals surface area contributed by atoms with Crippen LogP contribution in [-0.2, 0) is 12.9 Å². The zero-order chi connectivity index (χ0) is 18.0. The highest BCUT2D eigenvalue weighted by Crippen LogP contribution is 2.29. The first-order valence-corrected chi connectivity index (χ1v) is 9.62. The second-order valence-electron chi connectivity index (χ2n) is 6.67. The summed E-state index contributed by atoms with van der Waals surface area (Å²) in [6.45, 7) is 1.95. The molecule has 1 aliphatic rings. The first-order chi connectivity index (χ1) is 12.0. The van der Waals surface area contributed by atoms with Crippen LogP contribution in [0.25, 0.3) is 0 Å². The molecule has 0 unspecified atom stereocenters. The predicted octanol–water partition coefficient (Wildman–Crippen LogP) is 3.18. The largest absolute Gasteiger partial charge is 0.379 e. The molecule has 0 aliphatic carbocycles. The summed E-state index contributed by atoms with van der Waals surface area (Å²) in [5.41, 5.74) is 3.08. The Kier molecular flexibility index (Phi) is 5.81. The van der Waals surface area contributed by atoms with Gasteiger partial charge in [-0.25, -0.2) is 4.68 Å². The lowest BCUT2D eigenvalue weighted by Gasteiger charge is -2.37. The van der Waals surface area contributed by atoms with Crippen LogP contribution in [0.5, 0.6) is 0 Å². The molecule has 0 bridgehead atoms. The van der Waals surface area contributed by atoms with Crippen LogP contribution in [0, 0.1) is 0 Å². The molecule has 1 aromatic heterocycles. The molecule has 25 heavy (non-hydrogen) atoms. The van der Waals surface area contributed by atoms with Crippen molar-refractivity contribution in [2.24, 2.45) is 7.05 Å². The summed E-state index contributed by atoms with van der Waals surface area (Å²) in [4.78, 5) is 14.4. The molecule has 0 spiro atoms. The smallest absolute Gasteiger partial charge is 0.282 e. The molecule has 1 aromatic carbocycles. The van der Waals surface area contributed by atoms with Crippen molar-refractivity contribution >= 4 is 33.2 Å². The van der Waals surface area contributed by atoms with E-state index in [-0.39, 0.29) is 11.6 Å². The van der Waals surface area contributed by atoms with Gasteiger partial charge in [0.05, 0.1) is 11.9 Å². The third kappa shape index (κ3) is 4.25. The van der Waals surface area contributed by atoms with Crippen molar-refractivity contribution in [3.05, 3.63) is 56.4 Å². The van der Waals surface area contributed by atoms with Crippen LogP contribution < -0.4 is 10.9 Å². The first kappa shape index (κ1) is 18.4. The topological polar surface area (TPSA) is 50.2 Å². The number of aromatic nitrogens is 2. The van der Waals surface area contributed by atoms with Gasteiger partial charge in [0.2, 0.25) is 0 Å². The highest BCUT2D eigenvalue weighted by Gasteiger charge is 2.27. The van der Waals surface area contributed by atoms with Gasteiger partial charge in [0.15, 0.2) is 0 Å². The summed E-state index contributed by atoms with van der Waals surface area (Å²) >= 11 is 9.27. The third-order valence-corrected chi connectivity index (χ3v) is 5.75. The van der Waals surface area contributed by atoms with Crippen LogP contribution in [0.1, 0.15) is 23.5 Å². The molecule has 134 valence electrons. The summed E-state index contributed by atoms with van der Waals surface area (Å²) in [7, 11) is 3.77. The number of nitrogens with zero attached hydrogens (tertiary/aromatic N) is 3. The Bertz CT molecular complexity index is 793. The zero-order valence-corrected chi connectivity index (χ0v) is 16.7. The van der Waals surface area contributed by atoms with Crippen molar-refractivity contribution in [2.45, 2.75) is 24.3 Å². The number of piperidine rings is 1. The second kappa shape index (κ2) is 7.89. The van der Waals surface area contributed by atoms with E-state index in [0.717, 1.165) is 30.8 Å². The fraction of sp³-hybridized carbons (Fsp3) is 0.444. The lowest BCUT2D eigenvalue weighted by molar-refractivity contribution is 0.235. The molecule has 1 saturated heterocycles. The highest BCUT2D eigenvalue weighted by atomic mass is 79.9. The molecule has 2 heterocycles. The molecule has 1 fully saturated rings. The van der Waals surface area contributed by atoms with Gasteiger partial charge in [-0.3, -0.25) is 4.79 Å². The molecule has 7 heteroatoms. The molecule has 1 aliphatic heterocycles. The van der Waals surface area contributed by atoms with Crippen molar-refractivity contribution in [3.63, 3.8) is 0 Å². The minimum absolute atomic E-state index is 0.137. The van der Waals surface area contributed by atoms with Crippen molar-refractivity contribution in [1.29, 1.82) is 0 Å². The maximum absolute atomic E-state index is 12.0. The fourth-order valence-electron chi connectivity index (χ4n) is 3.38. The van der Waals surface area contributed by atoms with Crippen LogP contribution in [0.15, 0.2) is 39.7 Å². The Labute approximate surface area is 161 Å². The second-order valence-corrected chi connectivity index (χ2v) is 7.73. The Hall–Kier alpha value is -1.37. The van der Waals surface area contributed by atoms with Crippen molar-refractivity contribution in [1.82, 2.24) is 14.7 Å². The summed E-state index contributed by atoms with van der Waals surface area (Å²) in [5, 5.41) is 7.59. The number of hydrogen-bond acceptors (Lipinski definition) is 4. The Morgan fingerprint density at radius 1 is 1.28 bits per heavy atom. The number of aryl methyl sites for hydroxylation is 1. The molecule has 5 nitrogen and oxygen atoms in total. The fourth-order valence-corrected chi connectivity index (χ4v) is 4.03. The van der Waals surface area contributed by atoms with Crippen LogP contribution in [0.2, 0.25) is 0 Å². The SMILES string of the molecule is CN1C[C@H](Nc2cnn(C)c(=O)c2Br)C[C@H](c2ccc(CCl)cc2)C1. The Balaban J connectivity index is 1.76. The van der Waals surface area contributed by atoms with E-state index in [1.165, 1.54) is 10.2 Å². The van der Waals surface area contributed by atoms with E-state index in [0.29, 0.717) is 16.3 Å². The summed E-state index contributed by atoms with van der Waals surface area (Å²) < 4.78 is 1.85. The molecule has 0 radical (unpaired) electrons. The number of hydrogen-bond donors (Lipinski definition) is 1. The normalized spacial score (nSPS) is 21.3. The van der Waals surface area contributed by atoms with E-state index in [4.69, 9.17) is 11.6 Å². The minimum atomic E-state index is -0.137. The van der Waals surface area contributed by atoms with E-state index >= 15 is 0 Å². The van der Waals surface area contributed by atoms with E-state index in [1.807, 2.05) is 0 Å². The standard InChI is InChI=1S/C18H22BrClN4O/c1-23-10-14(13-5-3-12(8-20)4-6-13)7-15(11-23)22-16-9-21-24(2)18(25)17(16)19/h3-6,9,14-15,22H,7-8,10-11H2,1-2H3/t14-,15+/m0/s1. The molecule has 2 aromatic rings. The quantitative estimate of drug-likeness (QED) is 0.765. The number of likely N-dealkylation sites (N-methyl/N-ethyl adjacent to an activating group) is 1. The van der Waals surface area contributed by atoms with Gasteiger partial charge in [-0.1, -0.05) is 24.3 Å². The average molecular weight is 426 g/mol. The van der Waals surface area contributed by atoms with E-state index in [9.17, 15) is 4.79 Å². The average Bonchev–Trinajstić information content (AvgIpc) is 2.62. The maximum Gasteiger partial charge on any atom is 0.282 e. The number of halogens is 2. The van der Waals surface area contributed by atoms with E-state index < -0.39 is 0 Å². The molecular formula is C18H22BrClN4O. The molecule has 0 saturated carbocycles. The minimum Gasteiger partial charge on any atom is -0.379 e. The number of nitrogens with one attached hydrogen (secondary N) is 1. The van der Waals surface area contributed by atoms with Gasteiger partial charge >= 0.3 is 0 Å². The number of likely N-dealkylation sites (tertiary alicyclic amines) is 1. The number of alkyl halides is 1. The van der Waals surface area contributed by atoms with Gasteiger partial charge in [-0.15, -0.1) is 11.6 Å². The van der Waals surface area contributed by atoms with Gasteiger partial charge in [-0.05, 0) is 46.4 Å². The first-order valence-electron chi connectivity index (χ1n) is 8.29. The number of anilines is 1. The molecule has 3 rings (SSSR count). The van der Waals surface area contributed by atoms with E-state index in [1.54, 1.807) is 13.2 Å². The van der Waals surface area contributed by atoms with Crippen LogP contribution >= 0.6 is 27.5 Å². The summed E-state index contributed by atoms with van der Waals surface area (Å²) in [6.07, 6.45) is 2.70. The van der Waals surface area contributed by atoms with Crippen LogP contribution in [0.4, 0.5) is 5.69 Å². The number of benzene rings is 1. The number of rotatable bonds is 4. The van der Waals surface area contributed by atoms with Crippen LogP contribution in [-0.4, -0.2) is 40.9 Å². The summed E-state index contributed by atoms with van der Waals surface area (Å²) in [6, 6.07) is 8.80. The Morgan fingerprint density at radius 3 is 2.68 bits per heavy atom. The highest BCUT2D eigenvalue weighted by molar-refractivity contribution is 9.10. The van der Waals surface area contributed by atoms with Gasteiger partial charge in [-0.2, -0.15) is 5.10 Å². The van der Waals surface area contributed by atoms with Crippen molar-refractivity contribution in [2.75, 3.05) is 25.5 Å². The van der Waals surface area contributed by atoms with Gasteiger partial charge in [0.1, 0.15) is 4.47 Å². The Morgan fingerprint density at radius 2 is 2.00 bits per heavy atom. The zero-order valence-electron chi connectivity index (χ0n) is 14.4.